The lowest BCUT2D eigenvalue weighted by molar-refractivity contribution is -0.119. The summed E-state index contributed by atoms with van der Waals surface area (Å²) >= 11 is 0. The summed E-state index contributed by atoms with van der Waals surface area (Å²) in [6.07, 6.45) is 0.875. The molecular weight excluding hydrogens is 369 g/mol. The molecule has 6 heteroatoms. The molecule has 0 spiro atoms. The molecule has 1 aliphatic heterocycles. The molecule has 4 rings (SSSR count). The smallest absolute Gasteiger partial charge is 0.228 e. The second-order valence-corrected chi connectivity index (χ2v) is 8.62. The first-order valence-electron chi connectivity index (χ1n) is 9.74. The van der Waals surface area contributed by atoms with E-state index in [-0.39, 0.29) is 23.2 Å². The van der Waals surface area contributed by atoms with Gasteiger partial charge in [0.2, 0.25) is 5.91 Å². The van der Waals surface area contributed by atoms with Gasteiger partial charge in [-0.2, -0.15) is 5.10 Å². The molecule has 0 N–H and O–H groups in total. The molecule has 0 saturated carbocycles. The zero-order valence-electron chi connectivity index (χ0n) is 16.4. The predicted molar refractivity (Wildman–Crippen MR) is 113 cm³/mol. The number of hydrogen-bond donors (Lipinski definition) is 0. The van der Waals surface area contributed by atoms with E-state index in [0.717, 1.165) is 45.0 Å². The number of amides is 1. The molecule has 0 aliphatic carbocycles. The first-order chi connectivity index (χ1) is 13.5. The summed E-state index contributed by atoms with van der Waals surface area (Å²) in [4.78, 5) is 15.3. The minimum atomic E-state index is -0.264. The van der Waals surface area contributed by atoms with E-state index in [1.165, 1.54) is 12.1 Å². The summed E-state index contributed by atoms with van der Waals surface area (Å²) in [6.45, 7) is 4.75. The molecule has 1 aromatic heterocycles. The highest BCUT2D eigenvalue weighted by Crippen LogP contribution is 2.47. The molecule has 0 fully saturated rings. The van der Waals surface area contributed by atoms with Gasteiger partial charge in [0, 0.05) is 33.8 Å². The quantitative estimate of drug-likeness (QED) is 0.638. The van der Waals surface area contributed by atoms with Gasteiger partial charge in [0.1, 0.15) is 11.6 Å². The number of fused-ring (bicyclic) bond motifs is 1. The molecule has 28 heavy (non-hydrogen) atoms. The number of anilines is 1. The van der Waals surface area contributed by atoms with Crippen LogP contribution in [0, 0.1) is 12.7 Å². The van der Waals surface area contributed by atoms with E-state index in [1.54, 1.807) is 12.1 Å². The van der Waals surface area contributed by atoms with Crippen LogP contribution >= 0.6 is 0 Å². The van der Waals surface area contributed by atoms with Gasteiger partial charge in [0.15, 0.2) is 0 Å². The van der Waals surface area contributed by atoms with E-state index >= 15 is 0 Å². The minimum Gasteiger partial charge on any atom is -0.296 e. The van der Waals surface area contributed by atoms with Gasteiger partial charge in [0.05, 0.1) is 11.4 Å². The van der Waals surface area contributed by atoms with Crippen LogP contribution in [0.5, 0.6) is 0 Å². The largest absolute Gasteiger partial charge is 0.296 e. The maximum absolute atomic E-state index is 13.5. The van der Waals surface area contributed by atoms with E-state index < -0.39 is 0 Å². The van der Waals surface area contributed by atoms with Crippen molar-refractivity contribution in [3.63, 3.8) is 0 Å². The zero-order chi connectivity index (χ0) is 19.8. The number of hydrogen-bond acceptors (Lipinski definition) is 2. The molecule has 0 saturated heterocycles. The van der Waals surface area contributed by atoms with Gasteiger partial charge >= 0.3 is 0 Å². The number of nitrogens with zero attached hydrogens (tertiary/aromatic N) is 3. The van der Waals surface area contributed by atoms with Gasteiger partial charge in [-0.1, -0.05) is 37.3 Å². The number of para-hydroxylation sites is 1. The van der Waals surface area contributed by atoms with Gasteiger partial charge in [-0.15, -0.1) is 0 Å². The van der Waals surface area contributed by atoms with Gasteiger partial charge in [0.25, 0.3) is 0 Å². The monoisotopic (exact) mass is 393 g/mol. The highest BCUT2D eigenvalue weighted by Gasteiger charge is 2.42. The summed E-state index contributed by atoms with van der Waals surface area (Å²) < 4.78 is 15.4. The van der Waals surface area contributed by atoms with Crippen molar-refractivity contribution in [3.8, 4) is 5.69 Å². The molecule has 144 valence electrons. The van der Waals surface area contributed by atoms with E-state index in [9.17, 15) is 9.18 Å². The summed E-state index contributed by atoms with van der Waals surface area (Å²) in [5.74, 6) is 0.657. The fraction of sp³-hybridized carbons (Fsp3) is 0.273. The molecule has 2 atom stereocenters. The average Bonchev–Trinajstić information content (AvgIpc) is 3.04. The van der Waals surface area contributed by atoms with Crippen LogP contribution < -0.4 is 4.90 Å². The van der Waals surface area contributed by atoms with Crippen molar-refractivity contribution >= 4 is 22.0 Å². The van der Waals surface area contributed by atoms with Crippen LogP contribution in [-0.2, 0) is 4.79 Å². The Morgan fingerprint density at radius 1 is 1.11 bits per heavy atom. The highest BCUT2D eigenvalue weighted by molar-refractivity contribution is 6.28. The van der Waals surface area contributed by atoms with Crippen molar-refractivity contribution in [1.82, 2.24) is 9.78 Å². The van der Waals surface area contributed by atoms with Crippen molar-refractivity contribution in [1.29, 1.82) is 0 Å². The Hall–Kier alpha value is -2.73. The molecule has 4 nitrogen and oxygen atoms in total. The average molecular weight is 394 g/mol. The van der Waals surface area contributed by atoms with Crippen molar-refractivity contribution in [2.24, 2.45) is 0 Å². The number of halogens is 1. The van der Waals surface area contributed by atoms with E-state index in [0.29, 0.717) is 6.54 Å². The molecule has 1 aliphatic rings. The lowest BCUT2D eigenvalue weighted by Crippen LogP contribution is -2.42. The standard InChI is InChI=1S/C22H24FN3OSi/c1-3-13-25-21-18(14(2)24-26(21)17-7-5-4-6-8-17)19(20(28)22(25)27)15-9-11-16(23)12-10-15/h4-12,19-20H,3,13H2,1-2,28H3/t19-,20-/m0/s1. The fourth-order valence-electron chi connectivity index (χ4n) is 4.21. The predicted octanol–water partition coefficient (Wildman–Crippen LogP) is 3.36. The molecule has 2 aromatic carbocycles. The molecule has 1 amide bonds. The van der Waals surface area contributed by atoms with Crippen molar-refractivity contribution in [2.45, 2.75) is 31.7 Å². The van der Waals surface area contributed by atoms with E-state index in [4.69, 9.17) is 5.10 Å². The second-order valence-electron chi connectivity index (χ2n) is 7.38. The van der Waals surface area contributed by atoms with Crippen LogP contribution in [0.3, 0.4) is 0 Å². The molecule has 0 unspecified atom stereocenters. The van der Waals surface area contributed by atoms with Gasteiger partial charge in [-0.3, -0.25) is 9.69 Å². The van der Waals surface area contributed by atoms with Crippen molar-refractivity contribution in [3.05, 3.63) is 77.2 Å². The van der Waals surface area contributed by atoms with Gasteiger partial charge in [-0.05, 0) is 43.2 Å². The normalized spacial score (nSPS) is 19.1. The summed E-state index contributed by atoms with van der Waals surface area (Å²) in [5.41, 5.74) is 3.82. The van der Waals surface area contributed by atoms with Crippen LogP contribution in [0.25, 0.3) is 5.69 Å². The van der Waals surface area contributed by atoms with Crippen LogP contribution in [0.1, 0.15) is 36.1 Å². The highest BCUT2D eigenvalue weighted by atomic mass is 28.1. The molecule has 0 bridgehead atoms. The first kappa shape index (κ1) is 18.6. The lowest BCUT2D eigenvalue weighted by Gasteiger charge is -2.37. The number of aryl methyl sites for hydroxylation is 1. The third-order valence-corrected chi connectivity index (χ3v) is 6.64. The van der Waals surface area contributed by atoms with Crippen LogP contribution in [0.15, 0.2) is 54.6 Å². The Morgan fingerprint density at radius 2 is 1.79 bits per heavy atom. The lowest BCUT2D eigenvalue weighted by atomic mass is 9.84. The fourth-order valence-corrected chi connectivity index (χ4v) is 5.24. The molecule has 3 aromatic rings. The van der Waals surface area contributed by atoms with Crippen molar-refractivity contribution < 1.29 is 9.18 Å². The van der Waals surface area contributed by atoms with Crippen LogP contribution in [0.4, 0.5) is 10.2 Å². The maximum Gasteiger partial charge on any atom is 0.228 e. The Morgan fingerprint density at radius 3 is 2.43 bits per heavy atom. The number of carbonyl (C=O) groups excluding carboxylic acids is 1. The van der Waals surface area contributed by atoms with E-state index in [1.807, 2.05) is 46.8 Å². The third-order valence-electron chi connectivity index (χ3n) is 5.48. The Balaban J connectivity index is 1.96. The number of benzene rings is 2. The van der Waals surface area contributed by atoms with Gasteiger partial charge < -0.3 is 0 Å². The van der Waals surface area contributed by atoms with Crippen molar-refractivity contribution in [2.75, 3.05) is 11.4 Å². The first-order valence-corrected chi connectivity index (χ1v) is 10.9. The third kappa shape index (κ3) is 2.98. The summed E-state index contributed by atoms with van der Waals surface area (Å²) in [6, 6.07) is 16.5. The summed E-state index contributed by atoms with van der Waals surface area (Å²) in [5, 5.41) is 4.82. The van der Waals surface area contributed by atoms with Crippen LogP contribution in [0.2, 0.25) is 5.54 Å². The Bertz CT molecular complexity index is 1000. The minimum absolute atomic E-state index is 0.0830. The SMILES string of the molecule is CCCN1C(=O)[C@@H]([SiH3])[C@@H](c2ccc(F)cc2)c2c(C)nn(-c3ccccc3)c21. The summed E-state index contributed by atoms with van der Waals surface area (Å²) in [7, 11) is 0.720. The molecule has 0 radical (unpaired) electrons. The second kappa shape index (κ2) is 7.35. The van der Waals surface area contributed by atoms with Gasteiger partial charge in [-0.25, -0.2) is 9.07 Å². The Kier molecular flexibility index (Phi) is 4.89. The number of aromatic nitrogens is 2. The molecule has 2 heterocycles. The van der Waals surface area contributed by atoms with E-state index in [2.05, 4.69) is 6.92 Å². The number of rotatable bonds is 4. The molecular formula is C22H24FN3OSi. The number of carbonyl (C=O) groups is 1. The van der Waals surface area contributed by atoms with Crippen LogP contribution in [-0.4, -0.2) is 32.5 Å². The Labute approximate surface area is 167 Å². The maximum atomic E-state index is 13.5. The topological polar surface area (TPSA) is 38.1 Å². The zero-order valence-corrected chi connectivity index (χ0v) is 18.4.